The molecule has 2 N–H and O–H groups in total. The molecule has 2 amide bonds. The van der Waals surface area contributed by atoms with Crippen LogP contribution in [0.5, 0.6) is 11.5 Å². The molecule has 32 heavy (non-hydrogen) atoms. The van der Waals surface area contributed by atoms with Gasteiger partial charge in [0, 0.05) is 18.9 Å². The first-order valence-corrected chi connectivity index (χ1v) is 10.6. The van der Waals surface area contributed by atoms with Crippen molar-refractivity contribution in [1.29, 1.82) is 0 Å². The number of hydrogen-bond acceptors (Lipinski definition) is 6. The van der Waals surface area contributed by atoms with Crippen molar-refractivity contribution in [1.82, 2.24) is 20.7 Å². The smallest absolute Gasteiger partial charge is 0.251 e. The summed E-state index contributed by atoms with van der Waals surface area (Å²) in [6.07, 6.45) is 4.80. The van der Waals surface area contributed by atoms with Crippen molar-refractivity contribution in [3.63, 3.8) is 0 Å². The van der Waals surface area contributed by atoms with Crippen molar-refractivity contribution in [3.05, 3.63) is 72.1 Å². The van der Waals surface area contributed by atoms with Crippen molar-refractivity contribution >= 4 is 11.8 Å². The van der Waals surface area contributed by atoms with Gasteiger partial charge in [0.15, 0.2) is 11.5 Å². The van der Waals surface area contributed by atoms with Crippen LogP contribution in [-0.4, -0.2) is 55.1 Å². The van der Waals surface area contributed by atoms with E-state index in [1.54, 1.807) is 20.4 Å². The number of nitrogens with one attached hydrogen (secondary N) is 2. The van der Waals surface area contributed by atoms with Crippen molar-refractivity contribution in [2.24, 2.45) is 0 Å². The summed E-state index contributed by atoms with van der Waals surface area (Å²) in [6.45, 7) is 0.544. The molecule has 0 spiro atoms. The Bertz CT molecular complexity index is 995. The molecule has 2 aromatic rings. The summed E-state index contributed by atoms with van der Waals surface area (Å²) in [5.41, 5.74) is 5.52. The quantitative estimate of drug-likeness (QED) is 0.659. The normalized spacial score (nSPS) is 19.6. The first kappa shape index (κ1) is 21.7. The fourth-order valence-electron chi connectivity index (χ4n) is 4.06. The Balaban J connectivity index is 1.32. The number of carbonyl (C=O) groups is 2. The number of nitrogens with zero attached hydrogens (tertiary/aromatic N) is 2. The molecule has 1 saturated heterocycles. The van der Waals surface area contributed by atoms with E-state index in [-0.39, 0.29) is 30.4 Å². The van der Waals surface area contributed by atoms with Gasteiger partial charge in [-0.15, -0.1) is 0 Å². The Morgan fingerprint density at radius 2 is 1.88 bits per heavy atom. The molecule has 8 heteroatoms. The molecule has 2 aliphatic rings. The number of carbonyl (C=O) groups excluding carboxylic acids is 2. The Morgan fingerprint density at radius 1 is 1.09 bits per heavy atom. The highest BCUT2D eigenvalue weighted by atomic mass is 16.5. The van der Waals surface area contributed by atoms with Gasteiger partial charge in [-0.1, -0.05) is 36.4 Å². The van der Waals surface area contributed by atoms with E-state index in [2.05, 4.69) is 10.7 Å². The number of benzene rings is 2. The molecular formula is C24H28N4O4. The lowest BCUT2D eigenvalue weighted by atomic mass is 10.0. The van der Waals surface area contributed by atoms with Crippen molar-refractivity contribution < 1.29 is 19.1 Å². The number of ether oxygens (including phenoxy) is 2. The Labute approximate surface area is 187 Å². The molecule has 0 bridgehead atoms. The first-order chi connectivity index (χ1) is 15.6. The van der Waals surface area contributed by atoms with Crippen LogP contribution in [0, 0.1) is 0 Å². The molecule has 2 aliphatic heterocycles. The summed E-state index contributed by atoms with van der Waals surface area (Å²) < 4.78 is 10.7. The van der Waals surface area contributed by atoms with Crippen LogP contribution in [0.15, 0.2) is 60.9 Å². The van der Waals surface area contributed by atoms with E-state index in [0.717, 1.165) is 17.5 Å². The highest BCUT2D eigenvalue weighted by molar-refractivity contribution is 5.89. The van der Waals surface area contributed by atoms with Gasteiger partial charge in [-0.3, -0.25) is 9.59 Å². The fraction of sp³-hybridized carbons (Fsp3) is 0.333. The fourth-order valence-corrected chi connectivity index (χ4v) is 4.06. The molecule has 8 nitrogen and oxygen atoms in total. The number of hydrazine groups is 1. The summed E-state index contributed by atoms with van der Waals surface area (Å²) in [5, 5.41) is 4.71. The number of methoxy groups -OCH3 is 2. The third-order valence-electron chi connectivity index (χ3n) is 5.78. The van der Waals surface area contributed by atoms with Gasteiger partial charge in [0.05, 0.1) is 20.3 Å². The lowest BCUT2D eigenvalue weighted by Gasteiger charge is -2.31. The predicted octanol–water partition coefficient (Wildman–Crippen LogP) is 2.00. The minimum Gasteiger partial charge on any atom is -0.493 e. The van der Waals surface area contributed by atoms with Crippen LogP contribution in [0.2, 0.25) is 0 Å². The largest absolute Gasteiger partial charge is 0.493 e. The standard InChI is InChI=1S/C24H28N4O4/c1-31-21-9-8-18(14-22(21)32-2)19-15-20-24(30)27(12-13-28(20)26-19)16-23(29)25-11-10-17-6-4-3-5-7-17/h3-9,12-14,19-20,26H,10-11,15-16H2,1-2H3,(H,25,29). The highest BCUT2D eigenvalue weighted by Gasteiger charge is 2.40. The Kier molecular flexibility index (Phi) is 6.61. The van der Waals surface area contributed by atoms with Crippen LogP contribution < -0.4 is 20.2 Å². The van der Waals surface area contributed by atoms with Gasteiger partial charge >= 0.3 is 0 Å². The van der Waals surface area contributed by atoms with Crippen molar-refractivity contribution in [2.75, 3.05) is 27.3 Å². The first-order valence-electron chi connectivity index (χ1n) is 10.6. The molecule has 4 rings (SSSR count). The summed E-state index contributed by atoms with van der Waals surface area (Å²) in [7, 11) is 3.20. The van der Waals surface area contributed by atoms with Crippen molar-refractivity contribution in [2.45, 2.75) is 24.9 Å². The maximum Gasteiger partial charge on any atom is 0.251 e. The zero-order valence-corrected chi connectivity index (χ0v) is 18.3. The molecular weight excluding hydrogens is 408 g/mol. The van der Waals surface area contributed by atoms with E-state index >= 15 is 0 Å². The average molecular weight is 437 g/mol. The Hall–Kier alpha value is -3.52. The second kappa shape index (κ2) is 9.74. The topological polar surface area (TPSA) is 83.1 Å². The van der Waals surface area contributed by atoms with Gasteiger partial charge in [-0.05, 0) is 36.1 Å². The van der Waals surface area contributed by atoms with E-state index in [4.69, 9.17) is 9.47 Å². The van der Waals surface area contributed by atoms with Crippen molar-refractivity contribution in [3.8, 4) is 11.5 Å². The molecule has 0 aliphatic carbocycles. The zero-order valence-electron chi connectivity index (χ0n) is 18.3. The third kappa shape index (κ3) is 4.70. The van der Waals surface area contributed by atoms with Crippen LogP contribution in [0.3, 0.4) is 0 Å². The molecule has 0 aromatic heterocycles. The maximum atomic E-state index is 13.0. The second-order valence-electron chi connectivity index (χ2n) is 7.80. The van der Waals surface area contributed by atoms with E-state index in [1.807, 2.05) is 59.7 Å². The number of amides is 2. The van der Waals surface area contributed by atoms with E-state index in [0.29, 0.717) is 24.5 Å². The van der Waals surface area contributed by atoms with Gasteiger partial charge in [0.2, 0.25) is 5.91 Å². The van der Waals surface area contributed by atoms with Gasteiger partial charge in [-0.2, -0.15) is 0 Å². The SMILES string of the molecule is COc1ccc(C2CC3C(=O)N(CC(=O)NCCc4ccccc4)C=CN3N2)cc1OC. The Morgan fingerprint density at radius 3 is 2.62 bits per heavy atom. The monoisotopic (exact) mass is 436 g/mol. The molecule has 168 valence electrons. The van der Waals surface area contributed by atoms with Gasteiger partial charge < -0.3 is 24.7 Å². The van der Waals surface area contributed by atoms with Crippen LogP contribution in [-0.2, 0) is 16.0 Å². The molecule has 1 fully saturated rings. The summed E-state index contributed by atoms with van der Waals surface area (Å²) >= 11 is 0. The van der Waals surface area contributed by atoms with E-state index in [1.165, 1.54) is 4.90 Å². The molecule has 0 saturated carbocycles. The summed E-state index contributed by atoms with van der Waals surface area (Å²) in [4.78, 5) is 26.9. The average Bonchev–Trinajstić information content (AvgIpc) is 3.26. The third-order valence-corrected chi connectivity index (χ3v) is 5.78. The lowest BCUT2D eigenvalue weighted by molar-refractivity contribution is -0.138. The summed E-state index contributed by atoms with van der Waals surface area (Å²) in [5.74, 6) is 1.04. The van der Waals surface area contributed by atoms with Gasteiger partial charge in [0.25, 0.3) is 5.91 Å². The van der Waals surface area contributed by atoms with Crippen LogP contribution >= 0.6 is 0 Å². The minimum atomic E-state index is -0.366. The molecule has 2 heterocycles. The highest BCUT2D eigenvalue weighted by Crippen LogP contribution is 2.35. The zero-order chi connectivity index (χ0) is 22.5. The lowest BCUT2D eigenvalue weighted by Crippen LogP contribution is -2.50. The number of hydrogen-bond donors (Lipinski definition) is 2. The minimum absolute atomic E-state index is 0.00941. The maximum absolute atomic E-state index is 13.0. The molecule has 2 unspecified atom stereocenters. The second-order valence-corrected chi connectivity index (χ2v) is 7.80. The molecule has 2 atom stereocenters. The predicted molar refractivity (Wildman–Crippen MR) is 120 cm³/mol. The van der Waals surface area contributed by atoms with E-state index in [9.17, 15) is 9.59 Å². The van der Waals surface area contributed by atoms with Crippen LogP contribution in [0.25, 0.3) is 0 Å². The number of fused-ring (bicyclic) bond motifs is 1. The van der Waals surface area contributed by atoms with Crippen LogP contribution in [0.1, 0.15) is 23.6 Å². The number of rotatable bonds is 8. The molecule has 0 radical (unpaired) electrons. The van der Waals surface area contributed by atoms with Crippen LogP contribution in [0.4, 0.5) is 0 Å². The molecule has 2 aromatic carbocycles. The van der Waals surface area contributed by atoms with Gasteiger partial charge in [0.1, 0.15) is 12.6 Å². The van der Waals surface area contributed by atoms with E-state index < -0.39 is 0 Å². The summed E-state index contributed by atoms with van der Waals surface area (Å²) in [6, 6.07) is 15.3. The van der Waals surface area contributed by atoms with Gasteiger partial charge in [-0.25, -0.2) is 5.43 Å².